The quantitative estimate of drug-likeness (QED) is 0.866. The fourth-order valence-corrected chi connectivity index (χ4v) is 1.67. The van der Waals surface area contributed by atoms with Crippen molar-refractivity contribution in [2.45, 2.75) is 32.5 Å². The van der Waals surface area contributed by atoms with E-state index in [1.165, 1.54) is 6.07 Å². The molecule has 0 aromatic heterocycles. The maximum Gasteiger partial charge on any atom is 0.142 e. The lowest BCUT2D eigenvalue weighted by Gasteiger charge is -2.19. The number of hydrogen-bond donors (Lipinski definition) is 1. The van der Waals surface area contributed by atoms with Gasteiger partial charge in [0.2, 0.25) is 0 Å². The van der Waals surface area contributed by atoms with E-state index < -0.39 is 11.9 Å². The Kier molecular flexibility index (Phi) is 5.19. The molecule has 0 aliphatic heterocycles. The third-order valence-electron chi connectivity index (χ3n) is 2.43. The van der Waals surface area contributed by atoms with Crippen LogP contribution in [0.1, 0.15) is 19.4 Å². The van der Waals surface area contributed by atoms with E-state index in [4.69, 9.17) is 16.3 Å². The third-order valence-corrected chi connectivity index (χ3v) is 2.86. The number of aliphatic hydroxyl groups is 1. The SMILES string of the molecule is CCOC(C)C(O)Cc1cccc(F)c1Cl. The van der Waals surface area contributed by atoms with Crippen LogP contribution in [0.3, 0.4) is 0 Å². The van der Waals surface area contributed by atoms with E-state index in [0.29, 0.717) is 12.2 Å². The molecule has 16 heavy (non-hydrogen) atoms. The summed E-state index contributed by atoms with van der Waals surface area (Å²) in [5.74, 6) is -0.463. The van der Waals surface area contributed by atoms with Crippen LogP contribution in [0.15, 0.2) is 18.2 Å². The molecule has 1 rings (SSSR count). The van der Waals surface area contributed by atoms with Gasteiger partial charge in [0.1, 0.15) is 5.82 Å². The van der Waals surface area contributed by atoms with E-state index in [9.17, 15) is 9.50 Å². The van der Waals surface area contributed by atoms with Gasteiger partial charge in [-0.05, 0) is 25.5 Å². The summed E-state index contributed by atoms with van der Waals surface area (Å²) < 4.78 is 18.4. The molecule has 4 heteroatoms. The van der Waals surface area contributed by atoms with Crippen molar-refractivity contribution in [3.8, 4) is 0 Å². The first-order valence-electron chi connectivity index (χ1n) is 5.28. The lowest BCUT2D eigenvalue weighted by Crippen LogP contribution is -2.28. The van der Waals surface area contributed by atoms with Crippen LogP contribution in [-0.4, -0.2) is 23.9 Å². The number of benzene rings is 1. The number of hydrogen-bond acceptors (Lipinski definition) is 2. The Hall–Kier alpha value is -0.640. The largest absolute Gasteiger partial charge is 0.390 e. The summed E-state index contributed by atoms with van der Waals surface area (Å²) in [5, 5.41) is 9.89. The molecule has 0 spiro atoms. The summed E-state index contributed by atoms with van der Waals surface area (Å²) in [4.78, 5) is 0. The molecule has 0 aliphatic rings. The van der Waals surface area contributed by atoms with Crippen molar-refractivity contribution < 1.29 is 14.2 Å². The molecule has 2 atom stereocenters. The van der Waals surface area contributed by atoms with E-state index >= 15 is 0 Å². The predicted molar refractivity (Wildman–Crippen MR) is 62.2 cm³/mol. The minimum atomic E-state index is -0.681. The highest BCUT2D eigenvalue weighted by molar-refractivity contribution is 6.31. The molecule has 1 N–H and O–H groups in total. The monoisotopic (exact) mass is 246 g/mol. The molecule has 0 saturated carbocycles. The summed E-state index contributed by atoms with van der Waals surface area (Å²) in [7, 11) is 0. The molecule has 0 aliphatic carbocycles. The van der Waals surface area contributed by atoms with Gasteiger partial charge < -0.3 is 9.84 Å². The Bertz CT molecular complexity index is 344. The van der Waals surface area contributed by atoms with Crippen molar-refractivity contribution in [2.75, 3.05) is 6.61 Å². The molecule has 2 nitrogen and oxygen atoms in total. The first-order valence-corrected chi connectivity index (χ1v) is 5.66. The van der Waals surface area contributed by atoms with Crippen LogP contribution in [0.2, 0.25) is 5.02 Å². The van der Waals surface area contributed by atoms with Gasteiger partial charge in [-0.2, -0.15) is 0 Å². The van der Waals surface area contributed by atoms with Crippen molar-refractivity contribution >= 4 is 11.6 Å². The van der Waals surface area contributed by atoms with Crippen LogP contribution in [0.4, 0.5) is 4.39 Å². The Morgan fingerprint density at radius 1 is 1.50 bits per heavy atom. The second-order valence-corrected chi connectivity index (χ2v) is 4.02. The highest BCUT2D eigenvalue weighted by Crippen LogP contribution is 2.21. The zero-order valence-corrected chi connectivity index (χ0v) is 10.2. The molecular weight excluding hydrogens is 231 g/mol. The molecule has 0 heterocycles. The fourth-order valence-electron chi connectivity index (χ4n) is 1.47. The fraction of sp³-hybridized carbons (Fsp3) is 0.500. The molecule has 0 fully saturated rings. The first kappa shape index (κ1) is 13.4. The average molecular weight is 247 g/mol. The molecule has 0 saturated heterocycles. The number of rotatable bonds is 5. The molecule has 0 amide bonds. The second kappa shape index (κ2) is 6.18. The lowest BCUT2D eigenvalue weighted by atomic mass is 10.0. The Morgan fingerprint density at radius 3 is 2.81 bits per heavy atom. The number of halogens is 2. The van der Waals surface area contributed by atoms with Gasteiger partial charge in [-0.25, -0.2) is 4.39 Å². The normalized spacial score (nSPS) is 14.8. The third kappa shape index (κ3) is 3.44. The highest BCUT2D eigenvalue weighted by atomic mass is 35.5. The molecule has 0 radical (unpaired) electrons. The van der Waals surface area contributed by atoms with E-state index in [-0.39, 0.29) is 17.5 Å². The molecule has 1 aromatic carbocycles. The topological polar surface area (TPSA) is 29.5 Å². The zero-order chi connectivity index (χ0) is 12.1. The van der Waals surface area contributed by atoms with Gasteiger partial charge in [0.05, 0.1) is 17.2 Å². The number of aliphatic hydroxyl groups excluding tert-OH is 1. The summed E-state index contributed by atoms with van der Waals surface area (Å²) >= 11 is 5.79. The van der Waals surface area contributed by atoms with Crippen LogP contribution >= 0.6 is 11.6 Å². The first-order chi connectivity index (χ1) is 7.56. The number of ether oxygens (including phenoxy) is 1. The predicted octanol–water partition coefficient (Wildman–Crippen LogP) is 2.81. The van der Waals surface area contributed by atoms with Crippen molar-refractivity contribution in [1.82, 2.24) is 0 Å². The van der Waals surface area contributed by atoms with Gasteiger partial charge in [0.15, 0.2) is 0 Å². The van der Waals surface area contributed by atoms with E-state index in [1.807, 2.05) is 6.92 Å². The second-order valence-electron chi connectivity index (χ2n) is 3.64. The van der Waals surface area contributed by atoms with Gasteiger partial charge >= 0.3 is 0 Å². The van der Waals surface area contributed by atoms with Gasteiger partial charge in [0.25, 0.3) is 0 Å². The molecule has 90 valence electrons. The van der Waals surface area contributed by atoms with E-state index in [0.717, 1.165) is 0 Å². The van der Waals surface area contributed by atoms with Crippen LogP contribution in [0.25, 0.3) is 0 Å². The summed E-state index contributed by atoms with van der Waals surface area (Å²) in [6.07, 6.45) is -0.679. The minimum absolute atomic E-state index is 0.0743. The summed E-state index contributed by atoms with van der Waals surface area (Å²) in [6.45, 7) is 4.18. The standard InChI is InChI=1S/C12H16ClFO2/c1-3-16-8(2)11(15)7-9-5-4-6-10(14)12(9)13/h4-6,8,11,15H,3,7H2,1-2H3. The van der Waals surface area contributed by atoms with E-state index in [1.54, 1.807) is 19.1 Å². The van der Waals surface area contributed by atoms with Gasteiger partial charge in [0, 0.05) is 13.0 Å². The lowest BCUT2D eigenvalue weighted by molar-refractivity contribution is -0.0208. The van der Waals surface area contributed by atoms with Crippen molar-refractivity contribution in [3.05, 3.63) is 34.6 Å². The van der Waals surface area contributed by atoms with Crippen molar-refractivity contribution in [1.29, 1.82) is 0 Å². The Labute approximate surface area is 100.0 Å². The van der Waals surface area contributed by atoms with Gasteiger partial charge in [-0.3, -0.25) is 0 Å². The van der Waals surface area contributed by atoms with Crippen molar-refractivity contribution in [2.24, 2.45) is 0 Å². The van der Waals surface area contributed by atoms with Gasteiger partial charge in [-0.1, -0.05) is 23.7 Å². The average Bonchev–Trinajstić information content (AvgIpc) is 2.25. The maximum atomic E-state index is 13.1. The van der Waals surface area contributed by atoms with Crippen LogP contribution in [-0.2, 0) is 11.2 Å². The molecule has 2 unspecified atom stereocenters. The van der Waals surface area contributed by atoms with Crippen molar-refractivity contribution in [3.63, 3.8) is 0 Å². The van der Waals surface area contributed by atoms with Crippen LogP contribution in [0.5, 0.6) is 0 Å². The highest BCUT2D eigenvalue weighted by Gasteiger charge is 2.17. The summed E-state index contributed by atoms with van der Waals surface area (Å²) in [5.41, 5.74) is 0.598. The Balaban J connectivity index is 2.69. The molecule has 0 bridgehead atoms. The summed E-state index contributed by atoms with van der Waals surface area (Å²) in [6, 6.07) is 4.58. The van der Waals surface area contributed by atoms with Gasteiger partial charge in [-0.15, -0.1) is 0 Å². The molecular formula is C12H16ClFO2. The molecule has 1 aromatic rings. The van der Waals surface area contributed by atoms with Crippen LogP contribution in [0, 0.1) is 5.82 Å². The zero-order valence-electron chi connectivity index (χ0n) is 9.41. The minimum Gasteiger partial charge on any atom is -0.390 e. The smallest absolute Gasteiger partial charge is 0.142 e. The maximum absolute atomic E-state index is 13.1. The van der Waals surface area contributed by atoms with E-state index in [2.05, 4.69) is 0 Å². The van der Waals surface area contributed by atoms with Crippen LogP contribution < -0.4 is 0 Å². The Morgan fingerprint density at radius 2 is 2.19 bits per heavy atom.